The Balaban J connectivity index is 0.00000242. The summed E-state index contributed by atoms with van der Waals surface area (Å²) in [5.74, 6) is 1.77. The van der Waals surface area contributed by atoms with Crippen LogP contribution < -0.4 is 15.4 Å². The maximum absolute atomic E-state index is 11.8. The molecule has 4 nitrogen and oxygen atoms in total. The lowest BCUT2D eigenvalue weighted by Gasteiger charge is -2.14. The summed E-state index contributed by atoms with van der Waals surface area (Å²) in [5, 5.41) is 6.25. The molecule has 0 aromatic heterocycles. The predicted octanol–water partition coefficient (Wildman–Crippen LogP) is 2.64. The van der Waals surface area contributed by atoms with Crippen LogP contribution in [0.5, 0.6) is 5.75 Å². The monoisotopic (exact) mass is 342 g/mol. The molecule has 1 aliphatic rings. The predicted molar refractivity (Wildman–Crippen MR) is 94.2 cm³/mol. The minimum absolute atomic E-state index is 0. The molecule has 22 heavy (non-hydrogen) atoms. The summed E-state index contributed by atoms with van der Waals surface area (Å²) in [6.07, 6.45) is 3.74. The Morgan fingerprint density at radius 1 is 1.36 bits per heavy atom. The Bertz CT molecular complexity index is 491. The standard InChI is InChI=1S/C16H22N2O2S.ClH/c1-20-14-2-4-15(5-3-14)21-11-8-16(19)18-12-13-6-9-17-10-7-13;/h2-6,17H,7-12H2,1H3,(H,18,19);1H. The highest BCUT2D eigenvalue weighted by Gasteiger charge is 2.06. The van der Waals surface area contributed by atoms with E-state index in [0.29, 0.717) is 13.0 Å². The molecule has 6 heteroatoms. The molecule has 2 rings (SSSR count). The molecule has 2 N–H and O–H groups in total. The third-order valence-corrected chi connectivity index (χ3v) is 4.34. The molecule has 0 unspecified atom stereocenters. The minimum Gasteiger partial charge on any atom is -0.497 e. The van der Waals surface area contributed by atoms with Gasteiger partial charge < -0.3 is 15.4 Å². The van der Waals surface area contributed by atoms with Crippen LogP contribution >= 0.6 is 24.2 Å². The number of benzene rings is 1. The summed E-state index contributed by atoms with van der Waals surface area (Å²) >= 11 is 1.69. The molecule has 1 aromatic rings. The van der Waals surface area contributed by atoms with Crippen LogP contribution in [0, 0.1) is 0 Å². The number of carbonyl (C=O) groups excluding carboxylic acids is 1. The first-order valence-electron chi connectivity index (χ1n) is 7.20. The van der Waals surface area contributed by atoms with Crippen molar-refractivity contribution >= 4 is 30.1 Å². The zero-order chi connectivity index (χ0) is 14.9. The van der Waals surface area contributed by atoms with Crippen LogP contribution in [0.15, 0.2) is 40.8 Å². The van der Waals surface area contributed by atoms with Crippen molar-refractivity contribution < 1.29 is 9.53 Å². The summed E-state index contributed by atoms with van der Waals surface area (Å²) in [7, 11) is 1.66. The smallest absolute Gasteiger partial charge is 0.221 e. The van der Waals surface area contributed by atoms with E-state index >= 15 is 0 Å². The van der Waals surface area contributed by atoms with Gasteiger partial charge in [0.25, 0.3) is 0 Å². The van der Waals surface area contributed by atoms with Gasteiger partial charge in [0, 0.05) is 30.2 Å². The molecule has 1 amide bonds. The van der Waals surface area contributed by atoms with Crippen molar-refractivity contribution in [1.82, 2.24) is 10.6 Å². The second-order valence-corrected chi connectivity index (χ2v) is 6.04. The zero-order valence-corrected chi connectivity index (χ0v) is 14.4. The molecule has 1 aromatic carbocycles. The van der Waals surface area contributed by atoms with Crippen molar-refractivity contribution in [3.8, 4) is 5.75 Å². The summed E-state index contributed by atoms with van der Waals surface area (Å²) < 4.78 is 5.12. The molecule has 1 aliphatic heterocycles. The first-order chi connectivity index (χ1) is 10.3. The number of carbonyl (C=O) groups is 1. The maximum atomic E-state index is 11.8. The summed E-state index contributed by atoms with van der Waals surface area (Å²) in [5.41, 5.74) is 1.32. The van der Waals surface area contributed by atoms with E-state index in [1.165, 1.54) is 5.57 Å². The van der Waals surface area contributed by atoms with E-state index in [2.05, 4.69) is 16.7 Å². The molecule has 0 saturated carbocycles. The van der Waals surface area contributed by atoms with Gasteiger partial charge in [-0.15, -0.1) is 24.2 Å². The molecule has 1 heterocycles. The Kier molecular flexibility index (Phi) is 9.04. The van der Waals surface area contributed by atoms with Crippen molar-refractivity contribution in [2.24, 2.45) is 0 Å². The number of halogens is 1. The highest BCUT2D eigenvalue weighted by Crippen LogP contribution is 2.21. The number of hydrogen-bond donors (Lipinski definition) is 2. The molecule has 0 aliphatic carbocycles. The zero-order valence-electron chi connectivity index (χ0n) is 12.8. The van der Waals surface area contributed by atoms with E-state index in [9.17, 15) is 4.79 Å². The van der Waals surface area contributed by atoms with Gasteiger partial charge in [-0.2, -0.15) is 0 Å². The van der Waals surface area contributed by atoms with Crippen LogP contribution in [0.1, 0.15) is 12.8 Å². The highest BCUT2D eigenvalue weighted by atomic mass is 35.5. The molecule has 0 fully saturated rings. The number of rotatable bonds is 7. The summed E-state index contributed by atoms with van der Waals surface area (Å²) in [6.45, 7) is 2.61. The van der Waals surface area contributed by atoms with Crippen molar-refractivity contribution in [1.29, 1.82) is 0 Å². The fourth-order valence-electron chi connectivity index (χ4n) is 2.06. The number of ether oxygens (including phenoxy) is 1. The summed E-state index contributed by atoms with van der Waals surface area (Å²) in [6, 6.07) is 7.90. The van der Waals surface area contributed by atoms with Gasteiger partial charge in [0.15, 0.2) is 0 Å². The topological polar surface area (TPSA) is 50.4 Å². The molecule has 122 valence electrons. The minimum atomic E-state index is 0. The number of thioether (sulfide) groups is 1. The lowest BCUT2D eigenvalue weighted by Crippen LogP contribution is -2.29. The molecule has 0 radical (unpaired) electrons. The number of nitrogens with one attached hydrogen (secondary N) is 2. The van der Waals surface area contributed by atoms with Gasteiger partial charge >= 0.3 is 0 Å². The van der Waals surface area contributed by atoms with Gasteiger partial charge in [0.2, 0.25) is 5.91 Å². The van der Waals surface area contributed by atoms with Gasteiger partial charge in [-0.25, -0.2) is 0 Å². The fourth-order valence-corrected chi connectivity index (χ4v) is 2.92. The van der Waals surface area contributed by atoms with E-state index in [1.807, 2.05) is 24.3 Å². The molecular weight excluding hydrogens is 320 g/mol. The fraction of sp³-hybridized carbons (Fsp3) is 0.438. The van der Waals surface area contributed by atoms with Crippen molar-refractivity contribution in [3.05, 3.63) is 35.9 Å². The Labute approximate surface area is 142 Å². The van der Waals surface area contributed by atoms with E-state index in [1.54, 1.807) is 18.9 Å². The van der Waals surface area contributed by atoms with Crippen LogP contribution in [-0.2, 0) is 4.79 Å². The molecule has 0 bridgehead atoms. The first-order valence-corrected chi connectivity index (χ1v) is 8.18. The van der Waals surface area contributed by atoms with Crippen LogP contribution in [0.2, 0.25) is 0 Å². The highest BCUT2D eigenvalue weighted by molar-refractivity contribution is 7.99. The summed E-state index contributed by atoms with van der Waals surface area (Å²) in [4.78, 5) is 12.9. The lowest BCUT2D eigenvalue weighted by molar-refractivity contribution is -0.120. The normalized spacial score (nSPS) is 13.8. The Morgan fingerprint density at radius 3 is 2.77 bits per heavy atom. The molecule has 0 saturated heterocycles. The van der Waals surface area contributed by atoms with Crippen LogP contribution in [-0.4, -0.2) is 38.4 Å². The van der Waals surface area contributed by atoms with Gasteiger partial charge in [0.1, 0.15) is 5.75 Å². The Hall–Kier alpha value is -1.17. The quantitative estimate of drug-likeness (QED) is 0.591. The first kappa shape index (κ1) is 18.9. The third-order valence-electron chi connectivity index (χ3n) is 3.33. The van der Waals surface area contributed by atoms with Gasteiger partial charge in [-0.05, 0) is 37.2 Å². The largest absolute Gasteiger partial charge is 0.497 e. The second-order valence-electron chi connectivity index (χ2n) is 4.87. The van der Waals surface area contributed by atoms with Crippen LogP contribution in [0.4, 0.5) is 0 Å². The molecule has 0 spiro atoms. The van der Waals surface area contributed by atoms with E-state index in [-0.39, 0.29) is 18.3 Å². The number of methoxy groups -OCH3 is 1. The SMILES string of the molecule is COc1ccc(SCCC(=O)NCC2=CCNCC2)cc1.Cl. The van der Waals surface area contributed by atoms with Gasteiger partial charge in [0.05, 0.1) is 7.11 Å². The van der Waals surface area contributed by atoms with Crippen LogP contribution in [0.25, 0.3) is 0 Å². The number of hydrogen-bond acceptors (Lipinski definition) is 4. The van der Waals surface area contributed by atoms with Gasteiger partial charge in [-0.3, -0.25) is 4.79 Å². The van der Waals surface area contributed by atoms with Crippen molar-refractivity contribution in [2.45, 2.75) is 17.7 Å². The van der Waals surface area contributed by atoms with E-state index < -0.39 is 0 Å². The Morgan fingerprint density at radius 2 is 2.14 bits per heavy atom. The lowest BCUT2D eigenvalue weighted by atomic mass is 10.1. The van der Waals surface area contributed by atoms with Crippen LogP contribution in [0.3, 0.4) is 0 Å². The average molecular weight is 343 g/mol. The van der Waals surface area contributed by atoms with Gasteiger partial charge in [-0.1, -0.05) is 11.6 Å². The van der Waals surface area contributed by atoms with Crippen molar-refractivity contribution in [2.75, 3.05) is 32.5 Å². The van der Waals surface area contributed by atoms with E-state index in [0.717, 1.165) is 35.9 Å². The molecular formula is C16H23ClN2O2S. The van der Waals surface area contributed by atoms with Crippen molar-refractivity contribution in [3.63, 3.8) is 0 Å². The average Bonchev–Trinajstić information content (AvgIpc) is 2.54. The maximum Gasteiger partial charge on any atom is 0.221 e. The van der Waals surface area contributed by atoms with E-state index in [4.69, 9.17) is 4.74 Å². The number of amides is 1. The molecule has 0 atom stereocenters. The second kappa shape index (κ2) is 10.5. The third kappa shape index (κ3) is 6.73.